The molecule has 0 bridgehead atoms. The second-order valence-corrected chi connectivity index (χ2v) is 4.50. The molecule has 1 aromatic rings. The van der Waals surface area contributed by atoms with Crippen molar-refractivity contribution >= 4 is 0 Å². The van der Waals surface area contributed by atoms with Gasteiger partial charge in [0.05, 0.1) is 6.61 Å². The van der Waals surface area contributed by atoms with Crippen LogP contribution in [0.5, 0.6) is 5.75 Å². The van der Waals surface area contributed by atoms with Gasteiger partial charge in [0.15, 0.2) is 0 Å². The van der Waals surface area contributed by atoms with Crippen LogP contribution in [0.1, 0.15) is 38.8 Å². The molecule has 0 aliphatic heterocycles. The Morgan fingerprint density at radius 2 is 2.00 bits per heavy atom. The molecule has 3 heteroatoms. The molecular formula is C13H20FNO. The quantitative estimate of drug-likeness (QED) is 0.834. The Labute approximate surface area is 96.6 Å². The van der Waals surface area contributed by atoms with E-state index in [0.717, 1.165) is 12.0 Å². The van der Waals surface area contributed by atoms with Gasteiger partial charge in [-0.05, 0) is 37.5 Å². The smallest absolute Gasteiger partial charge is 0.124 e. The molecule has 1 atom stereocenters. The Kier molecular flexibility index (Phi) is 4.74. The van der Waals surface area contributed by atoms with Crippen molar-refractivity contribution in [2.24, 2.45) is 11.7 Å². The zero-order valence-corrected chi connectivity index (χ0v) is 10.2. The van der Waals surface area contributed by atoms with E-state index in [1.165, 1.54) is 12.1 Å². The molecule has 0 radical (unpaired) electrons. The first kappa shape index (κ1) is 13.0. The fourth-order valence-corrected chi connectivity index (χ4v) is 1.41. The maximum Gasteiger partial charge on any atom is 0.124 e. The average molecular weight is 225 g/mol. The van der Waals surface area contributed by atoms with E-state index in [1.807, 2.05) is 6.92 Å². The van der Waals surface area contributed by atoms with E-state index in [1.54, 1.807) is 6.07 Å². The lowest BCUT2D eigenvalue weighted by Gasteiger charge is -2.14. The zero-order valence-electron chi connectivity index (χ0n) is 10.2. The first-order valence-corrected chi connectivity index (χ1v) is 5.68. The number of rotatable bonds is 5. The van der Waals surface area contributed by atoms with Crippen molar-refractivity contribution in [3.63, 3.8) is 0 Å². The lowest BCUT2D eigenvalue weighted by Crippen LogP contribution is -2.10. The van der Waals surface area contributed by atoms with Gasteiger partial charge < -0.3 is 10.5 Å². The van der Waals surface area contributed by atoms with Gasteiger partial charge in [-0.2, -0.15) is 0 Å². The summed E-state index contributed by atoms with van der Waals surface area (Å²) < 4.78 is 18.7. The van der Waals surface area contributed by atoms with Gasteiger partial charge in [0.25, 0.3) is 0 Å². The van der Waals surface area contributed by atoms with E-state index in [2.05, 4.69) is 13.8 Å². The first-order chi connectivity index (χ1) is 7.50. The van der Waals surface area contributed by atoms with Gasteiger partial charge in [-0.25, -0.2) is 4.39 Å². The van der Waals surface area contributed by atoms with E-state index in [0.29, 0.717) is 18.3 Å². The molecule has 0 aliphatic carbocycles. The average Bonchev–Trinajstić information content (AvgIpc) is 2.19. The number of ether oxygens (including phenoxy) is 1. The highest BCUT2D eigenvalue weighted by Gasteiger charge is 2.09. The second-order valence-electron chi connectivity index (χ2n) is 4.50. The van der Waals surface area contributed by atoms with Gasteiger partial charge >= 0.3 is 0 Å². The lowest BCUT2D eigenvalue weighted by atomic mass is 10.1. The highest BCUT2D eigenvalue weighted by atomic mass is 19.1. The van der Waals surface area contributed by atoms with E-state index >= 15 is 0 Å². The van der Waals surface area contributed by atoms with Gasteiger partial charge in [0.2, 0.25) is 0 Å². The number of hydrogen-bond donors (Lipinski definition) is 1. The third-order valence-corrected chi connectivity index (χ3v) is 2.42. The summed E-state index contributed by atoms with van der Waals surface area (Å²) in [4.78, 5) is 0. The second kappa shape index (κ2) is 5.85. The van der Waals surface area contributed by atoms with Crippen LogP contribution < -0.4 is 10.5 Å². The number of nitrogens with two attached hydrogens (primary N) is 1. The molecule has 2 N–H and O–H groups in total. The predicted octanol–water partition coefficient (Wildman–Crippen LogP) is 3.27. The molecule has 0 fully saturated rings. The molecule has 0 aromatic heterocycles. The summed E-state index contributed by atoms with van der Waals surface area (Å²) in [5, 5.41) is 0. The van der Waals surface area contributed by atoms with Crippen molar-refractivity contribution in [1.82, 2.24) is 0 Å². The Bertz CT molecular complexity index is 337. The molecule has 0 amide bonds. The van der Waals surface area contributed by atoms with Gasteiger partial charge in [-0.15, -0.1) is 0 Å². The van der Waals surface area contributed by atoms with Crippen LogP contribution in [0.4, 0.5) is 4.39 Å². The van der Waals surface area contributed by atoms with Crippen molar-refractivity contribution in [1.29, 1.82) is 0 Å². The molecule has 2 nitrogen and oxygen atoms in total. The molecule has 0 saturated heterocycles. The van der Waals surface area contributed by atoms with Crippen LogP contribution >= 0.6 is 0 Å². The standard InChI is InChI=1S/C13H20FNO/c1-9(2)6-7-16-13-5-4-11(14)8-12(13)10(3)15/h4-5,8-10H,6-7,15H2,1-3H3. The van der Waals surface area contributed by atoms with Crippen molar-refractivity contribution < 1.29 is 9.13 Å². The molecule has 16 heavy (non-hydrogen) atoms. The first-order valence-electron chi connectivity index (χ1n) is 5.68. The maximum absolute atomic E-state index is 13.0. The van der Waals surface area contributed by atoms with Crippen LogP contribution in [0.25, 0.3) is 0 Å². The Morgan fingerprint density at radius 1 is 1.31 bits per heavy atom. The minimum Gasteiger partial charge on any atom is -0.493 e. The van der Waals surface area contributed by atoms with Gasteiger partial charge in [0.1, 0.15) is 11.6 Å². The minimum atomic E-state index is -0.275. The van der Waals surface area contributed by atoms with E-state index in [-0.39, 0.29) is 11.9 Å². The highest BCUT2D eigenvalue weighted by Crippen LogP contribution is 2.25. The van der Waals surface area contributed by atoms with Crippen LogP contribution in [0, 0.1) is 11.7 Å². The summed E-state index contributed by atoms with van der Waals surface area (Å²) in [6.07, 6.45) is 0.982. The highest BCUT2D eigenvalue weighted by molar-refractivity contribution is 5.36. The fourth-order valence-electron chi connectivity index (χ4n) is 1.41. The van der Waals surface area contributed by atoms with Crippen molar-refractivity contribution in [3.8, 4) is 5.75 Å². The summed E-state index contributed by atoms with van der Waals surface area (Å²) in [6.45, 7) is 6.74. The molecule has 1 unspecified atom stereocenters. The molecule has 0 spiro atoms. The summed E-state index contributed by atoms with van der Waals surface area (Å²) in [7, 11) is 0. The van der Waals surface area contributed by atoms with E-state index < -0.39 is 0 Å². The molecule has 90 valence electrons. The van der Waals surface area contributed by atoms with Crippen LogP contribution in [-0.2, 0) is 0 Å². The fraction of sp³-hybridized carbons (Fsp3) is 0.538. The number of hydrogen-bond acceptors (Lipinski definition) is 2. The van der Waals surface area contributed by atoms with E-state index in [9.17, 15) is 4.39 Å². The molecule has 1 aromatic carbocycles. The Balaban J connectivity index is 2.71. The Hall–Kier alpha value is -1.09. The summed E-state index contributed by atoms with van der Waals surface area (Å²) in [5.74, 6) is 1.01. The van der Waals surface area contributed by atoms with Crippen LogP contribution in [0.3, 0.4) is 0 Å². The molecule has 0 saturated carbocycles. The monoisotopic (exact) mass is 225 g/mol. The lowest BCUT2D eigenvalue weighted by molar-refractivity contribution is 0.285. The molecule has 1 rings (SSSR count). The third-order valence-electron chi connectivity index (χ3n) is 2.42. The number of halogens is 1. The molecule has 0 aliphatic rings. The normalized spacial score (nSPS) is 12.9. The van der Waals surface area contributed by atoms with Crippen molar-refractivity contribution in [2.75, 3.05) is 6.61 Å². The summed E-state index contributed by atoms with van der Waals surface area (Å²) >= 11 is 0. The van der Waals surface area contributed by atoms with Crippen molar-refractivity contribution in [3.05, 3.63) is 29.6 Å². The Morgan fingerprint density at radius 3 is 2.56 bits per heavy atom. The van der Waals surface area contributed by atoms with Crippen LogP contribution in [-0.4, -0.2) is 6.61 Å². The SMILES string of the molecule is CC(C)CCOc1ccc(F)cc1C(C)N. The van der Waals surface area contributed by atoms with Gasteiger partial charge in [0, 0.05) is 11.6 Å². The number of benzene rings is 1. The van der Waals surface area contributed by atoms with Crippen LogP contribution in [0.2, 0.25) is 0 Å². The maximum atomic E-state index is 13.0. The van der Waals surface area contributed by atoms with E-state index in [4.69, 9.17) is 10.5 Å². The summed E-state index contributed by atoms with van der Waals surface area (Å²) in [5.41, 5.74) is 6.49. The zero-order chi connectivity index (χ0) is 12.1. The third kappa shape index (κ3) is 3.81. The van der Waals surface area contributed by atoms with Gasteiger partial charge in [-0.3, -0.25) is 0 Å². The molecular weight excluding hydrogens is 205 g/mol. The van der Waals surface area contributed by atoms with Crippen LogP contribution in [0.15, 0.2) is 18.2 Å². The minimum absolute atomic E-state index is 0.218. The summed E-state index contributed by atoms with van der Waals surface area (Å²) in [6, 6.07) is 4.27. The largest absolute Gasteiger partial charge is 0.493 e. The van der Waals surface area contributed by atoms with Crippen molar-refractivity contribution in [2.45, 2.75) is 33.2 Å². The van der Waals surface area contributed by atoms with Gasteiger partial charge in [-0.1, -0.05) is 13.8 Å². The topological polar surface area (TPSA) is 35.2 Å². The predicted molar refractivity (Wildman–Crippen MR) is 64.0 cm³/mol. The molecule has 0 heterocycles.